The van der Waals surface area contributed by atoms with E-state index in [2.05, 4.69) is 19.3 Å². The third-order valence-electron chi connectivity index (χ3n) is 3.27. The molecule has 1 saturated carbocycles. The summed E-state index contributed by atoms with van der Waals surface area (Å²) in [6, 6.07) is 0.675. The Morgan fingerprint density at radius 1 is 1.50 bits per heavy atom. The molecule has 0 spiro atoms. The number of hydrogen-bond donors (Lipinski definition) is 1. The van der Waals surface area contributed by atoms with Gasteiger partial charge in [-0.3, -0.25) is 0 Å². The lowest BCUT2D eigenvalue weighted by Gasteiger charge is -2.22. The molecular formula is C10H21NO. The highest BCUT2D eigenvalue weighted by Crippen LogP contribution is 2.52. The molecule has 0 bridgehead atoms. The van der Waals surface area contributed by atoms with Crippen LogP contribution in [0.25, 0.3) is 0 Å². The van der Waals surface area contributed by atoms with Gasteiger partial charge in [-0.15, -0.1) is 0 Å². The maximum Gasteiger partial charge on any atom is 0.0462 e. The summed E-state index contributed by atoms with van der Waals surface area (Å²) in [4.78, 5) is 0. The van der Waals surface area contributed by atoms with E-state index in [4.69, 9.17) is 4.74 Å². The average Bonchev–Trinajstić information content (AvgIpc) is 2.85. The second kappa shape index (κ2) is 4.24. The molecule has 1 aliphatic carbocycles. The Hall–Kier alpha value is -0.0800. The van der Waals surface area contributed by atoms with Crippen molar-refractivity contribution >= 4 is 0 Å². The Kier molecular flexibility index (Phi) is 3.53. The monoisotopic (exact) mass is 171 g/mol. The summed E-state index contributed by atoms with van der Waals surface area (Å²) >= 11 is 0. The van der Waals surface area contributed by atoms with Gasteiger partial charge in [0, 0.05) is 19.8 Å². The summed E-state index contributed by atoms with van der Waals surface area (Å²) in [5.41, 5.74) is 0.618. The second-order valence-electron chi connectivity index (χ2n) is 3.97. The van der Waals surface area contributed by atoms with Gasteiger partial charge < -0.3 is 10.1 Å². The molecule has 0 radical (unpaired) electrons. The Bertz CT molecular complexity index is 132. The van der Waals surface area contributed by atoms with Gasteiger partial charge in [-0.05, 0) is 45.1 Å². The molecule has 0 aromatic heterocycles. The molecule has 2 nitrogen and oxygen atoms in total. The van der Waals surface area contributed by atoms with E-state index in [-0.39, 0.29) is 0 Å². The maximum atomic E-state index is 5.06. The highest BCUT2D eigenvalue weighted by molar-refractivity contribution is 4.99. The van der Waals surface area contributed by atoms with Gasteiger partial charge in [-0.2, -0.15) is 0 Å². The van der Waals surface area contributed by atoms with E-state index >= 15 is 0 Å². The summed E-state index contributed by atoms with van der Waals surface area (Å²) in [5, 5.41) is 3.35. The van der Waals surface area contributed by atoms with E-state index in [0.717, 1.165) is 6.61 Å². The van der Waals surface area contributed by atoms with E-state index in [0.29, 0.717) is 11.5 Å². The zero-order chi connectivity index (χ0) is 9.03. The SMILES string of the molecule is CNC(C)C1(CCCOC)CC1. The molecular weight excluding hydrogens is 150 g/mol. The standard InChI is InChI=1S/C10H21NO/c1-9(11-2)10(6-7-10)5-4-8-12-3/h9,11H,4-8H2,1-3H3. The zero-order valence-electron chi connectivity index (χ0n) is 8.52. The Morgan fingerprint density at radius 3 is 2.58 bits per heavy atom. The topological polar surface area (TPSA) is 21.3 Å². The molecule has 0 heterocycles. The number of ether oxygens (including phenoxy) is 1. The van der Waals surface area contributed by atoms with Crippen LogP contribution < -0.4 is 5.32 Å². The largest absolute Gasteiger partial charge is 0.385 e. The fourth-order valence-electron chi connectivity index (χ4n) is 1.93. The third kappa shape index (κ3) is 2.20. The van der Waals surface area contributed by atoms with Crippen molar-refractivity contribution in [2.45, 2.75) is 38.6 Å². The van der Waals surface area contributed by atoms with E-state index in [1.807, 2.05) is 0 Å². The zero-order valence-corrected chi connectivity index (χ0v) is 8.52. The predicted octanol–water partition coefficient (Wildman–Crippen LogP) is 1.80. The lowest BCUT2D eigenvalue weighted by Crippen LogP contribution is -2.32. The first-order valence-electron chi connectivity index (χ1n) is 4.91. The predicted molar refractivity (Wildman–Crippen MR) is 51.3 cm³/mol. The van der Waals surface area contributed by atoms with Crippen molar-refractivity contribution in [3.63, 3.8) is 0 Å². The van der Waals surface area contributed by atoms with Crippen molar-refractivity contribution in [2.75, 3.05) is 20.8 Å². The van der Waals surface area contributed by atoms with Gasteiger partial charge in [-0.1, -0.05) is 0 Å². The molecule has 1 aliphatic rings. The minimum Gasteiger partial charge on any atom is -0.385 e. The van der Waals surface area contributed by atoms with E-state index < -0.39 is 0 Å². The smallest absolute Gasteiger partial charge is 0.0462 e. The second-order valence-corrected chi connectivity index (χ2v) is 3.97. The summed E-state index contributed by atoms with van der Waals surface area (Å²) in [7, 11) is 3.84. The van der Waals surface area contributed by atoms with Crippen LogP contribution in [0, 0.1) is 5.41 Å². The van der Waals surface area contributed by atoms with Crippen LogP contribution >= 0.6 is 0 Å². The van der Waals surface area contributed by atoms with Crippen molar-refractivity contribution < 1.29 is 4.74 Å². The molecule has 0 amide bonds. The summed E-state index contributed by atoms with van der Waals surface area (Å²) < 4.78 is 5.06. The maximum absolute atomic E-state index is 5.06. The van der Waals surface area contributed by atoms with Gasteiger partial charge in [0.1, 0.15) is 0 Å². The summed E-state index contributed by atoms with van der Waals surface area (Å²) in [6.45, 7) is 3.21. The van der Waals surface area contributed by atoms with Gasteiger partial charge in [0.15, 0.2) is 0 Å². The van der Waals surface area contributed by atoms with Crippen molar-refractivity contribution in [2.24, 2.45) is 5.41 Å². The highest BCUT2D eigenvalue weighted by atomic mass is 16.5. The Labute approximate surface area is 75.7 Å². The quantitative estimate of drug-likeness (QED) is 0.615. The van der Waals surface area contributed by atoms with Crippen molar-refractivity contribution in [3.8, 4) is 0 Å². The van der Waals surface area contributed by atoms with Gasteiger partial charge >= 0.3 is 0 Å². The minimum atomic E-state index is 0.618. The first-order valence-corrected chi connectivity index (χ1v) is 4.91. The first kappa shape index (κ1) is 10.0. The molecule has 0 aliphatic heterocycles. The fourth-order valence-corrected chi connectivity index (χ4v) is 1.93. The number of hydrogen-bond acceptors (Lipinski definition) is 2. The van der Waals surface area contributed by atoms with E-state index in [9.17, 15) is 0 Å². The van der Waals surface area contributed by atoms with Crippen molar-refractivity contribution in [1.82, 2.24) is 5.32 Å². The summed E-state index contributed by atoms with van der Waals surface area (Å²) in [5.74, 6) is 0. The van der Waals surface area contributed by atoms with Crippen molar-refractivity contribution in [3.05, 3.63) is 0 Å². The van der Waals surface area contributed by atoms with Crippen LogP contribution in [0.5, 0.6) is 0 Å². The summed E-state index contributed by atoms with van der Waals surface area (Å²) in [6.07, 6.45) is 5.34. The molecule has 0 aromatic rings. The molecule has 1 unspecified atom stereocenters. The van der Waals surface area contributed by atoms with Crippen LogP contribution in [-0.4, -0.2) is 26.8 Å². The van der Waals surface area contributed by atoms with Gasteiger partial charge in [0.25, 0.3) is 0 Å². The third-order valence-corrected chi connectivity index (χ3v) is 3.27. The van der Waals surface area contributed by atoms with Crippen LogP contribution in [-0.2, 0) is 4.74 Å². The molecule has 0 aromatic carbocycles. The van der Waals surface area contributed by atoms with Gasteiger partial charge in [0.05, 0.1) is 0 Å². The van der Waals surface area contributed by atoms with Crippen LogP contribution in [0.4, 0.5) is 0 Å². The molecule has 1 fully saturated rings. The van der Waals surface area contributed by atoms with Crippen LogP contribution in [0.2, 0.25) is 0 Å². The van der Waals surface area contributed by atoms with E-state index in [1.54, 1.807) is 7.11 Å². The molecule has 12 heavy (non-hydrogen) atoms. The van der Waals surface area contributed by atoms with Crippen LogP contribution in [0.3, 0.4) is 0 Å². The number of nitrogens with one attached hydrogen (secondary N) is 1. The molecule has 0 saturated heterocycles. The normalized spacial score (nSPS) is 22.2. The number of rotatable bonds is 6. The van der Waals surface area contributed by atoms with Gasteiger partial charge in [-0.25, -0.2) is 0 Å². The molecule has 2 heteroatoms. The molecule has 1 atom stereocenters. The lowest BCUT2D eigenvalue weighted by molar-refractivity contribution is 0.180. The first-order chi connectivity index (χ1) is 5.75. The van der Waals surface area contributed by atoms with Gasteiger partial charge in [0.2, 0.25) is 0 Å². The van der Waals surface area contributed by atoms with Crippen molar-refractivity contribution in [1.29, 1.82) is 0 Å². The van der Waals surface area contributed by atoms with Crippen LogP contribution in [0.1, 0.15) is 32.6 Å². The fraction of sp³-hybridized carbons (Fsp3) is 1.00. The molecule has 1 rings (SSSR count). The number of methoxy groups -OCH3 is 1. The molecule has 72 valence electrons. The molecule has 1 N–H and O–H groups in total. The Morgan fingerprint density at radius 2 is 2.17 bits per heavy atom. The van der Waals surface area contributed by atoms with E-state index in [1.165, 1.54) is 25.7 Å². The Balaban J connectivity index is 2.20. The average molecular weight is 171 g/mol. The lowest BCUT2D eigenvalue weighted by atomic mass is 9.92. The highest BCUT2D eigenvalue weighted by Gasteiger charge is 2.45. The van der Waals surface area contributed by atoms with Crippen LogP contribution in [0.15, 0.2) is 0 Å². The minimum absolute atomic E-state index is 0.618.